The molecule has 0 aromatic heterocycles. The highest BCUT2D eigenvalue weighted by atomic mass is 32.2. The van der Waals surface area contributed by atoms with E-state index in [2.05, 4.69) is 23.3 Å². The normalized spacial score (nSPS) is 16.9. The van der Waals surface area contributed by atoms with Crippen molar-refractivity contribution in [3.63, 3.8) is 0 Å². The van der Waals surface area contributed by atoms with Gasteiger partial charge in [-0.05, 0) is 49.2 Å². The molecule has 0 radical (unpaired) electrons. The van der Waals surface area contributed by atoms with Gasteiger partial charge in [0.1, 0.15) is 0 Å². The number of allylic oxidation sites excluding steroid dienone is 1. The summed E-state index contributed by atoms with van der Waals surface area (Å²) < 4.78 is 0. The highest BCUT2D eigenvalue weighted by molar-refractivity contribution is 8.14. The molecule has 3 rings (SSSR count). The quantitative estimate of drug-likeness (QED) is 0.596. The van der Waals surface area contributed by atoms with Gasteiger partial charge in [0.2, 0.25) is 0 Å². The molecule has 2 aromatic rings. The maximum atomic E-state index is 12.3. The number of nitrogens with zero attached hydrogens (tertiary/aromatic N) is 1. The Balaban J connectivity index is 1.63. The summed E-state index contributed by atoms with van der Waals surface area (Å²) in [5, 5.41) is 4.28. The molecule has 0 spiro atoms. The van der Waals surface area contributed by atoms with E-state index in [9.17, 15) is 4.79 Å². The predicted octanol–water partition coefficient (Wildman–Crippen LogP) is 5.18. The lowest BCUT2D eigenvalue weighted by Gasteiger charge is -2.05. The molecule has 1 aliphatic rings. The number of hydrogen-bond acceptors (Lipinski definition) is 4. The van der Waals surface area contributed by atoms with Gasteiger partial charge >= 0.3 is 0 Å². The van der Waals surface area contributed by atoms with E-state index in [0.717, 1.165) is 28.6 Å². The second kappa shape index (κ2) is 8.17. The zero-order valence-electron chi connectivity index (χ0n) is 14.5. The Hall–Kier alpha value is -2.33. The van der Waals surface area contributed by atoms with Crippen LogP contribution in [0.2, 0.25) is 0 Å². The minimum Gasteiger partial charge on any atom is -0.335 e. The molecule has 0 saturated carbocycles. The first-order chi connectivity index (χ1) is 12.1. The Kier molecular flexibility index (Phi) is 5.71. The largest absolute Gasteiger partial charge is 0.335 e. The molecule has 1 N–H and O–H groups in total. The van der Waals surface area contributed by atoms with Crippen LogP contribution in [-0.4, -0.2) is 22.7 Å². The number of thioether (sulfide) groups is 1. The summed E-state index contributed by atoms with van der Waals surface area (Å²) in [7, 11) is 0. The molecular weight excluding hydrogens is 328 g/mol. The molecule has 25 heavy (non-hydrogen) atoms. The predicted molar refractivity (Wildman–Crippen MR) is 109 cm³/mol. The van der Waals surface area contributed by atoms with Crippen LogP contribution in [0.1, 0.15) is 34.8 Å². The summed E-state index contributed by atoms with van der Waals surface area (Å²) in [6.45, 7) is 4.20. The number of rotatable bonds is 5. The number of carbonyl (C=O) groups excluding carboxylic acids is 1. The molecular formula is C21H22N2OS. The van der Waals surface area contributed by atoms with Crippen LogP contribution in [0.25, 0.3) is 6.08 Å². The smallest absolute Gasteiger partial charge is 0.185 e. The van der Waals surface area contributed by atoms with Crippen LogP contribution < -0.4 is 5.32 Å². The Morgan fingerprint density at radius 2 is 2.08 bits per heavy atom. The number of carbonyl (C=O) groups is 1. The van der Waals surface area contributed by atoms with Crippen LogP contribution in [0.5, 0.6) is 0 Å². The second-order valence-corrected chi connectivity index (χ2v) is 7.13. The van der Waals surface area contributed by atoms with E-state index in [1.807, 2.05) is 55.5 Å². The Morgan fingerprint density at radius 3 is 2.76 bits per heavy atom. The van der Waals surface area contributed by atoms with Gasteiger partial charge in [0.15, 0.2) is 11.0 Å². The maximum Gasteiger partial charge on any atom is 0.185 e. The SMILES string of the molecule is CCC1CSC(Nc2ccc(C(=O)/C=C/c3cccc(C)c3)cc2)=N1. The first kappa shape index (κ1) is 17.5. The molecule has 0 amide bonds. The number of ketones is 1. The van der Waals surface area contributed by atoms with E-state index in [4.69, 9.17) is 0 Å². The Labute approximate surface area is 153 Å². The molecule has 0 saturated heterocycles. The first-order valence-corrected chi connectivity index (χ1v) is 9.49. The highest BCUT2D eigenvalue weighted by Crippen LogP contribution is 2.22. The van der Waals surface area contributed by atoms with Gasteiger partial charge in [-0.15, -0.1) is 0 Å². The van der Waals surface area contributed by atoms with E-state index >= 15 is 0 Å². The maximum absolute atomic E-state index is 12.3. The number of amidine groups is 1. The van der Waals surface area contributed by atoms with Crippen molar-refractivity contribution in [2.24, 2.45) is 4.99 Å². The average molecular weight is 350 g/mol. The van der Waals surface area contributed by atoms with Crippen LogP contribution >= 0.6 is 11.8 Å². The van der Waals surface area contributed by atoms with E-state index in [1.165, 1.54) is 5.56 Å². The number of nitrogens with one attached hydrogen (secondary N) is 1. The fourth-order valence-corrected chi connectivity index (χ4v) is 3.65. The van der Waals surface area contributed by atoms with Gasteiger partial charge in [-0.25, -0.2) is 0 Å². The third-order valence-corrected chi connectivity index (χ3v) is 5.11. The lowest BCUT2D eigenvalue weighted by Crippen LogP contribution is -2.05. The van der Waals surface area contributed by atoms with Gasteiger partial charge in [0.25, 0.3) is 0 Å². The van der Waals surface area contributed by atoms with Crippen molar-refractivity contribution in [3.8, 4) is 0 Å². The number of aryl methyl sites for hydroxylation is 1. The van der Waals surface area contributed by atoms with Crippen LogP contribution in [0.4, 0.5) is 5.69 Å². The minimum absolute atomic E-state index is 0.00619. The van der Waals surface area contributed by atoms with Crippen molar-refractivity contribution >= 4 is 34.5 Å². The van der Waals surface area contributed by atoms with E-state index in [0.29, 0.717) is 11.6 Å². The molecule has 3 nitrogen and oxygen atoms in total. The van der Waals surface area contributed by atoms with Crippen molar-refractivity contribution in [3.05, 3.63) is 71.3 Å². The second-order valence-electron chi connectivity index (χ2n) is 6.12. The molecule has 4 heteroatoms. The summed E-state index contributed by atoms with van der Waals surface area (Å²) in [5.41, 5.74) is 3.86. The van der Waals surface area contributed by atoms with Crippen molar-refractivity contribution < 1.29 is 4.79 Å². The van der Waals surface area contributed by atoms with Crippen LogP contribution in [0.15, 0.2) is 59.6 Å². The van der Waals surface area contributed by atoms with Gasteiger partial charge in [-0.2, -0.15) is 0 Å². The van der Waals surface area contributed by atoms with Gasteiger partial charge in [-0.3, -0.25) is 9.79 Å². The molecule has 1 atom stereocenters. The van der Waals surface area contributed by atoms with Gasteiger partial charge in [-0.1, -0.05) is 54.6 Å². The third-order valence-electron chi connectivity index (χ3n) is 4.07. The first-order valence-electron chi connectivity index (χ1n) is 8.51. The van der Waals surface area contributed by atoms with Crippen molar-refractivity contribution in [1.29, 1.82) is 0 Å². The molecule has 2 aromatic carbocycles. The molecule has 1 unspecified atom stereocenters. The molecule has 0 fully saturated rings. The lowest BCUT2D eigenvalue weighted by atomic mass is 10.1. The Morgan fingerprint density at radius 1 is 1.28 bits per heavy atom. The number of hydrogen-bond donors (Lipinski definition) is 1. The summed E-state index contributed by atoms with van der Waals surface area (Å²) in [5.74, 6) is 1.05. The zero-order chi connectivity index (χ0) is 17.6. The van der Waals surface area contributed by atoms with Crippen molar-refractivity contribution in [2.45, 2.75) is 26.3 Å². The summed E-state index contributed by atoms with van der Waals surface area (Å²) in [6.07, 6.45) is 4.55. The third kappa shape index (κ3) is 4.83. The number of anilines is 1. The number of benzene rings is 2. The number of aliphatic imine (C=N–C) groups is 1. The fraction of sp³-hybridized carbons (Fsp3) is 0.238. The summed E-state index contributed by atoms with van der Waals surface area (Å²) in [6, 6.07) is 16.1. The topological polar surface area (TPSA) is 41.5 Å². The van der Waals surface area contributed by atoms with Gasteiger partial charge in [0, 0.05) is 17.0 Å². The lowest BCUT2D eigenvalue weighted by molar-refractivity contribution is 0.104. The van der Waals surface area contributed by atoms with Crippen molar-refractivity contribution in [2.75, 3.05) is 11.1 Å². The molecule has 0 aliphatic carbocycles. The fourth-order valence-electron chi connectivity index (χ4n) is 2.58. The highest BCUT2D eigenvalue weighted by Gasteiger charge is 2.16. The van der Waals surface area contributed by atoms with E-state index in [-0.39, 0.29) is 5.78 Å². The molecule has 1 aliphatic heterocycles. The summed E-state index contributed by atoms with van der Waals surface area (Å²) >= 11 is 1.75. The van der Waals surface area contributed by atoms with Crippen LogP contribution in [0, 0.1) is 6.92 Å². The standard InChI is InChI=1S/C21H22N2OS/c1-3-18-14-25-21(22-18)23-19-10-8-17(9-11-19)20(24)12-7-16-6-4-5-15(2)13-16/h4-13,18H,3,14H2,1-2H3,(H,22,23)/b12-7+. The average Bonchev–Trinajstić information content (AvgIpc) is 3.08. The minimum atomic E-state index is 0.00619. The van der Waals surface area contributed by atoms with Gasteiger partial charge in [0.05, 0.1) is 6.04 Å². The van der Waals surface area contributed by atoms with Crippen LogP contribution in [-0.2, 0) is 0 Å². The zero-order valence-corrected chi connectivity index (χ0v) is 15.3. The van der Waals surface area contributed by atoms with Crippen molar-refractivity contribution in [1.82, 2.24) is 0 Å². The van der Waals surface area contributed by atoms with Gasteiger partial charge < -0.3 is 5.32 Å². The van der Waals surface area contributed by atoms with E-state index < -0.39 is 0 Å². The Bertz CT molecular complexity index is 809. The molecule has 0 bridgehead atoms. The molecule has 128 valence electrons. The molecule has 1 heterocycles. The van der Waals surface area contributed by atoms with E-state index in [1.54, 1.807) is 17.8 Å². The monoisotopic (exact) mass is 350 g/mol. The van der Waals surface area contributed by atoms with Crippen LogP contribution in [0.3, 0.4) is 0 Å². The summed E-state index contributed by atoms with van der Waals surface area (Å²) in [4.78, 5) is 16.9.